The van der Waals surface area contributed by atoms with E-state index in [1.165, 1.54) is 6.20 Å². The van der Waals surface area contributed by atoms with Crippen molar-refractivity contribution in [2.75, 3.05) is 11.9 Å². The number of benzene rings is 2. The van der Waals surface area contributed by atoms with Gasteiger partial charge in [-0.15, -0.1) is 15.3 Å². The summed E-state index contributed by atoms with van der Waals surface area (Å²) in [5.74, 6) is 0.510. The van der Waals surface area contributed by atoms with Crippen LogP contribution in [0.4, 0.5) is 5.82 Å². The van der Waals surface area contributed by atoms with Gasteiger partial charge in [0, 0.05) is 12.1 Å². The zero-order chi connectivity index (χ0) is 20.8. The quantitative estimate of drug-likeness (QED) is 0.454. The van der Waals surface area contributed by atoms with Gasteiger partial charge in [-0.2, -0.15) is 10.3 Å². The van der Waals surface area contributed by atoms with Gasteiger partial charge in [0.15, 0.2) is 5.82 Å². The van der Waals surface area contributed by atoms with E-state index >= 15 is 0 Å². The van der Waals surface area contributed by atoms with Gasteiger partial charge in [0.1, 0.15) is 5.56 Å². The standard InChI is InChI=1S/C21H19N7O2/c1-2-30-21(29)18-11-12-23-24-19(18)22-13-14-7-9-15(10-8-14)16-5-3-4-6-17(16)20-25-27-28-26-20/h3-12H,2,13H2,1H3,(H,22,24)(H,25,26,27,28). The van der Waals surface area contributed by atoms with Crippen LogP contribution in [-0.2, 0) is 11.3 Å². The number of nitrogens with one attached hydrogen (secondary N) is 2. The minimum Gasteiger partial charge on any atom is -0.462 e. The Labute approximate surface area is 172 Å². The van der Waals surface area contributed by atoms with E-state index in [1.54, 1.807) is 13.0 Å². The van der Waals surface area contributed by atoms with Crippen molar-refractivity contribution in [2.24, 2.45) is 0 Å². The number of hydrogen-bond acceptors (Lipinski definition) is 8. The third-order valence-corrected chi connectivity index (χ3v) is 4.45. The van der Waals surface area contributed by atoms with E-state index in [1.807, 2.05) is 48.5 Å². The molecule has 4 aromatic rings. The first-order valence-electron chi connectivity index (χ1n) is 9.41. The molecule has 4 rings (SSSR count). The summed E-state index contributed by atoms with van der Waals surface area (Å²) < 4.78 is 5.06. The largest absolute Gasteiger partial charge is 0.462 e. The average Bonchev–Trinajstić information content (AvgIpc) is 3.33. The molecule has 9 nitrogen and oxygen atoms in total. The predicted molar refractivity (Wildman–Crippen MR) is 110 cm³/mol. The first kappa shape index (κ1) is 19.2. The molecule has 150 valence electrons. The van der Waals surface area contributed by atoms with Gasteiger partial charge in [-0.3, -0.25) is 0 Å². The van der Waals surface area contributed by atoms with Crippen molar-refractivity contribution in [3.63, 3.8) is 0 Å². The SMILES string of the molecule is CCOC(=O)c1ccnnc1NCc1ccc(-c2ccccc2-c2nn[nH]n2)cc1. The summed E-state index contributed by atoms with van der Waals surface area (Å²) in [6, 6.07) is 17.5. The molecule has 0 spiro atoms. The number of carbonyl (C=O) groups excluding carboxylic acids is 1. The Morgan fingerprint density at radius 2 is 1.83 bits per heavy atom. The monoisotopic (exact) mass is 401 g/mol. The van der Waals surface area contributed by atoms with Crippen molar-refractivity contribution in [1.82, 2.24) is 30.8 Å². The third kappa shape index (κ3) is 4.14. The number of hydrogen-bond donors (Lipinski definition) is 2. The molecule has 9 heteroatoms. The van der Waals surface area contributed by atoms with Crippen LogP contribution >= 0.6 is 0 Å². The first-order valence-corrected chi connectivity index (χ1v) is 9.41. The fraction of sp³-hybridized carbons (Fsp3) is 0.143. The summed E-state index contributed by atoms with van der Waals surface area (Å²) in [4.78, 5) is 12.1. The molecule has 2 N–H and O–H groups in total. The lowest BCUT2D eigenvalue weighted by atomic mass is 9.98. The molecule has 0 saturated heterocycles. The fourth-order valence-corrected chi connectivity index (χ4v) is 3.03. The maximum atomic E-state index is 12.1. The molecular weight excluding hydrogens is 382 g/mol. The van der Waals surface area contributed by atoms with Gasteiger partial charge in [-0.25, -0.2) is 4.79 Å². The molecular formula is C21H19N7O2. The zero-order valence-electron chi connectivity index (χ0n) is 16.2. The first-order chi connectivity index (χ1) is 14.8. The van der Waals surface area contributed by atoms with Crippen molar-refractivity contribution in [3.05, 3.63) is 71.9 Å². The molecule has 0 unspecified atom stereocenters. The molecule has 0 aliphatic heterocycles. The van der Waals surface area contributed by atoms with Gasteiger partial charge < -0.3 is 10.1 Å². The Morgan fingerprint density at radius 1 is 1.03 bits per heavy atom. The Hall–Kier alpha value is -4.14. The number of tetrazole rings is 1. The molecule has 0 saturated carbocycles. The van der Waals surface area contributed by atoms with Crippen molar-refractivity contribution in [2.45, 2.75) is 13.5 Å². The Morgan fingerprint density at radius 3 is 2.57 bits per heavy atom. The van der Waals surface area contributed by atoms with Crippen LogP contribution in [0.15, 0.2) is 60.8 Å². The highest BCUT2D eigenvalue weighted by Crippen LogP contribution is 2.29. The van der Waals surface area contributed by atoms with Gasteiger partial charge in [0.2, 0.25) is 5.82 Å². The number of esters is 1. The summed E-state index contributed by atoms with van der Waals surface area (Å²) in [6.45, 7) is 2.54. The van der Waals surface area contributed by atoms with Crippen LogP contribution in [0, 0.1) is 0 Å². The number of rotatable bonds is 7. The van der Waals surface area contributed by atoms with E-state index < -0.39 is 5.97 Å². The van der Waals surface area contributed by atoms with Gasteiger partial charge in [-0.05, 0) is 34.9 Å². The fourth-order valence-electron chi connectivity index (χ4n) is 3.03. The summed E-state index contributed by atoms with van der Waals surface area (Å²) in [7, 11) is 0. The zero-order valence-corrected chi connectivity index (χ0v) is 16.2. The maximum Gasteiger partial charge on any atom is 0.342 e. The molecule has 0 aliphatic rings. The molecule has 0 fully saturated rings. The lowest BCUT2D eigenvalue weighted by Crippen LogP contribution is -2.12. The van der Waals surface area contributed by atoms with Crippen LogP contribution in [0.5, 0.6) is 0 Å². The minimum atomic E-state index is -0.427. The van der Waals surface area contributed by atoms with Crippen molar-refractivity contribution in [3.8, 4) is 22.5 Å². The van der Waals surface area contributed by atoms with E-state index in [2.05, 4.69) is 36.1 Å². The summed E-state index contributed by atoms with van der Waals surface area (Å²) in [5, 5.41) is 25.3. The average molecular weight is 401 g/mol. The Kier molecular flexibility index (Phi) is 5.70. The molecule has 0 amide bonds. The van der Waals surface area contributed by atoms with Gasteiger partial charge in [0.05, 0.1) is 12.8 Å². The number of nitrogens with zero attached hydrogens (tertiary/aromatic N) is 5. The van der Waals surface area contributed by atoms with Crippen LogP contribution in [0.25, 0.3) is 22.5 Å². The van der Waals surface area contributed by atoms with Crippen LogP contribution in [0.2, 0.25) is 0 Å². The van der Waals surface area contributed by atoms with E-state index in [-0.39, 0.29) is 0 Å². The van der Waals surface area contributed by atoms with Crippen LogP contribution < -0.4 is 5.32 Å². The number of aromatic nitrogens is 6. The summed E-state index contributed by atoms with van der Waals surface area (Å²) >= 11 is 0. The molecule has 2 aromatic heterocycles. The molecule has 2 heterocycles. The highest BCUT2D eigenvalue weighted by Gasteiger charge is 2.14. The van der Waals surface area contributed by atoms with Gasteiger partial charge in [-0.1, -0.05) is 48.5 Å². The van der Waals surface area contributed by atoms with Crippen molar-refractivity contribution < 1.29 is 9.53 Å². The Balaban J connectivity index is 1.51. The second-order valence-corrected chi connectivity index (χ2v) is 6.35. The van der Waals surface area contributed by atoms with Crippen LogP contribution in [-0.4, -0.2) is 43.4 Å². The molecule has 0 aliphatic carbocycles. The number of ether oxygens (including phenoxy) is 1. The second kappa shape index (κ2) is 8.91. The highest BCUT2D eigenvalue weighted by molar-refractivity contribution is 5.94. The molecule has 0 radical (unpaired) electrons. The molecule has 2 aromatic carbocycles. The topological polar surface area (TPSA) is 119 Å². The molecule has 0 bridgehead atoms. The summed E-state index contributed by atoms with van der Waals surface area (Å²) in [6.07, 6.45) is 1.47. The number of carbonyl (C=O) groups is 1. The van der Waals surface area contributed by atoms with Crippen LogP contribution in [0.1, 0.15) is 22.8 Å². The highest BCUT2D eigenvalue weighted by atomic mass is 16.5. The molecule has 0 atom stereocenters. The van der Waals surface area contributed by atoms with E-state index in [0.29, 0.717) is 30.4 Å². The van der Waals surface area contributed by atoms with E-state index in [0.717, 1.165) is 22.3 Å². The number of H-pyrrole nitrogens is 1. The summed E-state index contributed by atoms with van der Waals surface area (Å²) in [5.41, 5.74) is 4.33. The van der Waals surface area contributed by atoms with Gasteiger partial charge in [0.25, 0.3) is 0 Å². The van der Waals surface area contributed by atoms with E-state index in [9.17, 15) is 4.79 Å². The predicted octanol–water partition coefficient (Wildman–Crippen LogP) is 3.11. The second-order valence-electron chi connectivity index (χ2n) is 6.35. The smallest absolute Gasteiger partial charge is 0.342 e. The van der Waals surface area contributed by atoms with Crippen LogP contribution in [0.3, 0.4) is 0 Å². The Bertz CT molecular complexity index is 1130. The maximum absolute atomic E-state index is 12.1. The molecule has 30 heavy (non-hydrogen) atoms. The lowest BCUT2D eigenvalue weighted by Gasteiger charge is -2.11. The number of anilines is 1. The number of aromatic amines is 1. The van der Waals surface area contributed by atoms with Crippen molar-refractivity contribution >= 4 is 11.8 Å². The van der Waals surface area contributed by atoms with Gasteiger partial charge >= 0.3 is 5.97 Å². The minimum absolute atomic E-state index is 0.299. The van der Waals surface area contributed by atoms with E-state index in [4.69, 9.17) is 4.74 Å². The lowest BCUT2D eigenvalue weighted by molar-refractivity contribution is 0.0527. The van der Waals surface area contributed by atoms with Crippen molar-refractivity contribution in [1.29, 1.82) is 0 Å². The third-order valence-electron chi connectivity index (χ3n) is 4.45. The normalized spacial score (nSPS) is 10.6.